The van der Waals surface area contributed by atoms with E-state index in [9.17, 15) is 18.0 Å². The highest BCUT2D eigenvalue weighted by Gasteiger charge is 2.31. The van der Waals surface area contributed by atoms with Crippen LogP contribution >= 0.6 is 0 Å². The monoisotopic (exact) mass is 437 g/mol. The molecule has 0 saturated heterocycles. The number of halogens is 3. The third-order valence-electron chi connectivity index (χ3n) is 6.14. The van der Waals surface area contributed by atoms with Gasteiger partial charge in [0.15, 0.2) is 0 Å². The molecule has 4 rings (SSSR count). The van der Waals surface area contributed by atoms with Crippen molar-refractivity contribution in [1.29, 1.82) is 0 Å². The smallest absolute Gasteiger partial charge is 0.411 e. The van der Waals surface area contributed by atoms with Crippen molar-refractivity contribution in [2.45, 2.75) is 64.4 Å². The van der Waals surface area contributed by atoms with E-state index in [0.717, 1.165) is 28.1 Å². The Balaban J connectivity index is 1.46. The van der Waals surface area contributed by atoms with Crippen LogP contribution in [-0.4, -0.2) is 47.0 Å². The largest absolute Gasteiger partial charge is 0.491 e. The molecule has 1 N–H and O–H groups in total. The summed E-state index contributed by atoms with van der Waals surface area (Å²) in [6, 6.07) is 1.77. The lowest BCUT2D eigenvalue weighted by molar-refractivity contribution is -0.188. The van der Waals surface area contributed by atoms with Crippen LogP contribution in [0.1, 0.15) is 47.2 Å². The number of imidazole rings is 1. The molecule has 0 spiro atoms. The van der Waals surface area contributed by atoms with E-state index in [1.807, 2.05) is 24.5 Å². The Labute approximate surface area is 178 Å². The van der Waals surface area contributed by atoms with Gasteiger partial charge in [0.2, 0.25) is 0 Å². The molecule has 0 bridgehead atoms. The zero-order valence-corrected chi connectivity index (χ0v) is 17.6. The molecule has 1 saturated carbocycles. The Kier molecular flexibility index (Phi) is 5.96. The molecular weight excluding hydrogens is 411 g/mol. The lowest BCUT2D eigenvalue weighted by Crippen LogP contribution is -2.40. The van der Waals surface area contributed by atoms with Crippen molar-refractivity contribution in [2.24, 2.45) is 0 Å². The van der Waals surface area contributed by atoms with Crippen LogP contribution in [0.4, 0.5) is 13.2 Å². The van der Waals surface area contributed by atoms with Crippen LogP contribution < -0.4 is 10.1 Å². The highest BCUT2D eigenvalue weighted by molar-refractivity contribution is 5.98. The average Bonchev–Trinajstić information content (AvgIpc) is 3.11. The molecule has 1 amide bonds. The van der Waals surface area contributed by atoms with Crippen LogP contribution in [0, 0.1) is 13.8 Å². The number of alkyl halides is 3. The number of rotatable bonds is 4. The van der Waals surface area contributed by atoms with E-state index in [1.165, 1.54) is 0 Å². The molecule has 0 atom stereocenters. The molecule has 31 heavy (non-hydrogen) atoms. The number of aromatic nitrogens is 2. The molecule has 2 aliphatic rings. The van der Waals surface area contributed by atoms with Gasteiger partial charge in [-0.15, -0.1) is 0 Å². The highest BCUT2D eigenvalue weighted by atomic mass is 19.4. The minimum atomic E-state index is -4.31. The second kappa shape index (κ2) is 8.53. The van der Waals surface area contributed by atoms with E-state index >= 15 is 0 Å². The molecule has 9 heteroatoms. The van der Waals surface area contributed by atoms with Crippen molar-refractivity contribution < 1.29 is 27.4 Å². The minimum Gasteiger partial charge on any atom is -0.491 e. The van der Waals surface area contributed by atoms with Gasteiger partial charge in [-0.1, -0.05) is 0 Å². The summed E-state index contributed by atoms with van der Waals surface area (Å²) < 4.78 is 49.9. The number of amides is 1. The number of carbonyl (C=O) groups is 1. The first-order valence-electron chi connectivity index (χ1n) is 10.5. The third kappa shape index (κ3) is 4.71. The lowest BCUT2D eigenvalue weighted by atomic mass is 9.91. The second-order valence-electron chi connectivity index (χ2n) is 8.24. The zero-order chi connectivity index (χ0) is 22.2. The van der Waals surface area contributed by atoms with Crippen LogP contribution in [0.5, 0.6) is 5.75 Å². The topological polar surface area (TPSA) is 65.4 Å². The second-order valence-corrected chi connectivity index (χ2v) is 8.24. The summed E-state index contributed by atoms with van der Waals surface area (Å²) in [5.41, 5.74) is 4.09. The molecule has 0 radical (unpaired) electrons. The minimum absolute atomic E-state index is 0.0847. The summed E-state index contributed by atoms with van der Waals surface area (Å²) in [7, 11) is 0. The number of nitrogens with one attached hydrogen (secondary N) is 1. The highest BCUT2D eigenvalue weighted by Crippen LogP contribution is 2.38. The van der Waals surface area contributed by atoms with Gasteiger partial charge >= 0.3 is 6.18 Å². The molecule has 1 fully saturated rings. The van der Waals surface area contributed by atoms with Gasteiger partial charge in [0.05, 0.1) is 30.9 Å². The van der Waals surface area contributed by atoms with Crippen LogP contribution in [0.3, 0.4) is 0 Å². The van der Waals surface area contributed by atoms with Gasteiger partial charge in [0.1, 0.15) is 19.0 Å². The zero-order valence-electron chi connectivity index (χ0n) is 17.6. The Morgan fingerprint density at radius 2 is 2.00 bits per heavy atom. The van der Waals surface area contributed by atoms with Crippen molar-refractivity contribution in [3.63, 3.8) is 0 Å². The quantitative estimate of drug-likeness (QED) is 0.780. The average molecular weight is 437 g/mol. The van der Waals surface area contributed by atoms with Gasteiger partial charge in [0, 0.05) is 17.2 Å². The van der Waals surface area contributed by atoms with Crippen molar-refractivity contribution in [1.82, 2.24) is 14.9 Å². The molecule has 2 heterocycles. The molecule has 1 aromatic heterocycles. The first kappa shape index (κ1) is 21.7. The van der Waals surface area contributed by atoms with Crippen LogP contribution in [0.25, 0.3) is 11.3 Å². The first-order chi connectivity index (χ1) is 14.7. The van der Waals surface area contributed by atoms with E-state index in [0.29, 0.717) is 44.4 Å². The fourth-order valence-corrected chi connectivity index (χ4v) is 4.32. The van der Waals surface area contributed by atoms with Gasteiger partial charge in [-0.2, -0.15) is 13.2 Å². The summed E-state index contributed by atoms with van der Waals surface area (Å²) >= 11 is 0. The van der Waals surface area contributed by atoms with Crippen molar-refractivity contribution in [3.05, 3.63) is 35.3 Å². The molecule has 168 valence electrons. The first-order valence-corrected chi connectivity index (χ1v) is 10.5. The van der Waals surface area contributed by atoms with E-state index in [1.54, 1.807) is 12.5 Å². The predicted molar refractivity (Wildman–Crippen MR) is 108 cm³/mol. The maximum Gasteiger partial charge on any atom is 0.411 e. The summed E-state index contributed by atoms with van der Waals surface area (Å²) in [5, 5.41) is 3.06. The van der Waals surface area contributed by atoms with E-state index in [-0.39, 0.29) is 11.9 Å². The van der Waals surface area contributed by atoms with Crippen molar-refractivity contribution in [2.75, 3.05) is 13.2 Å². The fraction of sp³-hybridized carbons (Fsp3) is 0.545. The molecule has 2 aromatic rings. The fourth-order valence-electron chi connectivity index (χ4n) is 4.32. The third-order valence-corrected chi connectivity index (χ3v) is 6.14. The Bertz CT molecular complexity index is 963. The molecule has 1 aliphatic carbocycles. The number of ether oxygens (including phenoxy) is 2. The maximum absolute atomic E-state index is 13.1. The van der Waals surface area contributed by atoms with E-state index in [2.05, 4.69) is 10.3 Å². The number of benzene rings is 1. The van der Waals surface area contributed by atoms with Gasteiger partial charge in [-0.05, 0) is 56.7 Å². The summed E-state index contributed by atoms with van der Waals surface area (Å²) in [5.74, 6) is 0.592. The van der Waals surface area contributed by atoms with Gasteiger partial charge in [0.25, 0.3) is 5.91 Å². The van der Waals surface area contributed by atoms with Crippen LogP contribution in [-0.2, 0) is 11.3 Å². The van der Waals surface area contributed by atoms with Crippen LogP contribution in [0.2, 0.25) is 0 Å². The number of hydrogen-bond acceptors (Lipinski definition) is 4. The van der Waals surface area contributed by atoms with E-state index in [4.69, 9.17) is 9.47 Å². The summed E-state index contributed by atoms with van der Waals surface area (Å²) in [4.78, 5) is 17.3. The number of hydrogen-bond donors (Lipinski definition) is 1. The maximum atomic E-state index is 13.1. The Morgan fingerprint density at radius 1 is 1.26 bits per heavy atom. The Morgan fingerprint density at radius 3 is 2.71 bits per heavy atom. The van der Waals surface area contributed by atoms with Gasteiger partial charge in [-0.25, -0.2) is 4.98 Å². The summed E-state index contributed by atoms with van der Waals surface area (Å²) in [6.45, 7) is 3.84. The van der Waals surface area contributed by atoms with Crippen LogP contribution in [0.15, 0.2) is 18.6 Å². The molecule has 6 nitrogen and oxygen atoms in total. The predicted octanol–water partition coefficient (Wildman–Crippen LogP) is 4.18. The normalized spacial score (nSPS) is 20.9. The molecule has 1 aromatic carbocycles. The Hall–Kier alpha value is -2.55. The lowest BCUT2D eigenvalue weighted by Gasteiger charge is -2.29. The van der Waals surface area contributed by atoms with Gasteiger partial charge in [-0.3, -0.25) is 4.79 Å². The number of carbonyl (C=O) groups excluding carboxylic acids is 1. The molecule has 1 aliphatic heterocycles. The van der Waals surface area contributed by atoms with Gasteiger partial charge < -0.3 is 19.4 Å². The standard InChI is InChI=1S/C22H26F3N3O3/c1-13-14(2)20-18(19-10-26-12-28(19)7-8-30-20)9-17(13)21(29)27-15-3-5-16(6-4-15)31-11-22(23,24)25/h9-10,12,15-16H,3-8,11H2,1-2H3,(H,27,29). The van der Waals surface area contributed by atoms with E-state index < -0.39 is 18.9 Å². The molecule has 0 unspecified atom stereocenters. The summed E-state index contributed by atoms with van der Waals surface area (Å²) in [6.07, 6.45) is 0.968. The number of fused-ring (bicyclic) bond motifs is 3. The van der Waals surface area contributed by atoms with Crippen molar-refractivity contribution in [3.8, 4) is 17.0 Å². The molecular formula is C22H26F3N3O3. The SMILES string of the molecule is Cc1c(C(=O)NC2CCC(OCC(F)(F)F)CC2)cc2c(c1C)OCCn1cncc1-2. The van der Waals surface area contributed by atoms with Crippen molar-refractivity contribution >= 4 is 5.91 Å². The number of nitrogens with zero attached hydrogens (tertiary/aromatic N) is 2.